The second-order valence-electron chi connectivity index (χ2n) is 5.77. The second-order valence-corrected chi connectivity index (χ2v) is 5.77. The molecule has 0 aliphatic heterocycles. The number of benzene rings is 1. The third-order valence-corrected chi connectivity index (χ3v) is 3.96. The number of rotatable bonds is 5. The number of aromatic nitrogens is 2. The van der Waals surface area contributed by atoms with Gasteiger partial charge in [-0.25, -0.2) is 18.7 Å². The maximum Gasteiger partial charge on any atom is 0.373 e. The zero-order valence-corrected chi connectivity index (χ0v) is 15.0. The van der Waals surface area contributed by atoms with Crippen LogP contribution in [0.5, 0.6) is 0 Å². The minimum absolute atomic E-state index is 0.0278. The highest BCUT2D eigenvalue weighted by atomic mass is 19.1. The van der Waals surface area contributed by atoms with Crippen molar-refractivity contribution in [1.82, 2.24) is 9.78 Å². The number of aryl methyl sites for hydroxylation is 1. The van der Waals surface area contributed by atoms with Gasteiger partial charge in [0.25, 0.3) is 0 Å². The van der Waals surface area contributed by atoms with Crippen LogP contribution >= 0.6 is 0 Å². The van der Waals surface area contributed by atoms with Crippen molar-refractivity contribution in [3.05, 3.63) is 70.7 Å². The minimum atomic E-state index is -0.611. The number of nitrogens with zero attached hydrogens (tertiary/aromatic N) is 2. The van der Waals surface area contributed by atoms with Gasteiger partial charge < -0.3 is 13.9 Å². The molecule has 0 saturated heterocycles. The van der Waals surface area contributed by atoms with Crippen molar-refractivity contribution in [3.63, 3.8) is 0 Å². The van der Waals surface area contributed by atoms with E-state index in [1.165, 1.54) is 31.4 Å². The summed E-state index contributed by atoms with van der Waals surface area (Å²) in [6, 6.07) is 8.75. The summed E-state index contributed by atoms with van der Waals surface area (Å²) >= 11 is 0. The highest BCUT2D eigenvalue weighted by molar-refractivity contribution is 5.92. The lowest BCUT2D eigenvalue weighted by atomic mass is 10.2. The van der Waals surface area contributed by atoms with Crippen LogP contribution in [-0.4, -0.2) is 28.8 Å². The fourth-order valence-electron chi connectivity index (χ4n) is 2.65. The normalized spacial score (nSPS) is 10.7. The van der Waals surface area contributed by atoms with Gasteiger partial charge in [0.15, 0.2) is 0 Å². The predicted molar refractivity (Wildman–Crippen MR) is 92.2 cm³/mol. The molecule has 7 nitrogen and oxygen atoms in total. The minimum Gasteiger partial charge on any atom is -0.463 e. The van der Waals surface area contributed by atoms with E-state index in [9.17, 15) is 14.0 Å². The number of ether oxygens (including phenoxy) is 2. The molecule has 3 rings (SSSR count). The van der Waals surface area contributed by atoms with Crippen molar-refractivity contribution >= 4 is 11.9 Å². The van der Waals surface area contributed by atoms with Crippen molar-refractivity contribution < 1.29 is 27.9 Å². The van der Waals surface area contributed by atoms with Crippen molar-refractivity contribution in [1.29, 1.82) is 0 Å². The molecule has 0 unspecified atom stereocenters. The smallest absolute Gasteiger partial charge is 0.373 e. The third-order valence-electron chi connectivity index (χ3n) is 3.96. The van der Waals surface area contributed by atoms with Crippen molar-refractivity contribution in [2.45, 2.75) is 20.5 Å². The van der Waals surface area contributed by atoms with E-state index in [0.717, 1.165) is 0 Å². The Hall–Kier alpha value is -3.42. The molecule has 140 valence electrons. The van der Waals surface area contributed by atoms with Crippen LogP contribution in [-0.2, 0) is 16.1 Å². The van der Waals surface area contributed by atoms with Crippen LogP contribution in [0.2, 0.25) is 0 Å². The number of esters is 2. The summed E-state index contributed by atoms with van der Waals surface area (Å²) in [5.41, 5.74) is 2.00. The molecule has 0 N–H and O–H groups in total. The van der Waals surface area contributed by atoms with Crippen LogP contribution in [0.4, 0.5) is 4.39 Å². The van der Waals surface area contributed by atoms with Crippen molar-refractivity contribution in [2.75, 3.05) is 7.11 Å². The van der Waals surface area contributed by atoms with Crippen LogP contribution in [0.1, 0.15) is 38.1 Å². The topological polar surface area (TPSA) is 83.6 Å². The molecule has 0 bridgehead atoms. The predicted octanol–water partition coefficient (Wildman–Crippen LogP) is 3.36. The maximum absolute atomic E-state index is 13.1. The van der Waals surface area contributed by atoms with Gasteiger partial charge in [-0.3, -0.25) is 0 Å². The number of methoxy groups -OCH3 is 1. The number of carbonyl (C=O) groups is 2. The number of halogens is 1. The largest absolute Gasteiger partial charge is 0.463 e. The first-order valence-corrected chi connectivity index (χ1v) is 8.07. The van der Waals surface area contributed by atoms with Gasteiger partial charge in [0, 0.05) is 0 Å². The molecule has 8 heteroatoms. The van der Waals surface area contributed by atoms with Crippen LogP contribution in [0, 0.1) is 19.7 Å². The highest BCUT2D eigenvalue weighted by Gasteiger charge is 2.21. The quantitative estimate of drug-likeness (QED) is 0.639. The first-order chi connectivity index (χ1) is 12.9. The summed E-state index contributed by atoms with van der Waals surface area (Å²) in [4.78, 5) is 23.9. The van der Waals surface area contributed by atoms with E-state index in [-0.39, 0.29) is 18.2 Å². The van der Waals surface area contributed by atoms with Gasteiger partial charge in [-0.15, -0.1) is 0 Å². The van der Waals surface area contributed by atoms with Crippen LogP contribution < -0.4 is 0 Å². The van der Waals surface area contributed by atoms with Crippen LogP contribution in [0.25, 0.3) is 5.69 Å². The standard InChI is InChI=1S/C19H17FN2O5/c1-11-17(12(2)22(21-11)14-6-4-13(20)5-7-14)19(24)26-10-15-8-9-16(27-15)18(23)25-3/h4-9H,10H2,1-3H3. The van der Waals surface area contributed by atoms with E-state index in [4.69, 9.17) is 9.15 Å². The molecular weight excluding hydrogens is 355 g/mol. The monoisotopic (exact) mass is 372 g/mol. The lowest BCUT2D eigenvalue weighted by Gasteiger charge is -2.06. The maximum atomic E-state index is 13.1. The van der Waals surface area contributed by atoms with E-state index in [1.54, 1.807) is 30.7 Å². The molecule has 0 fully saturated rings. The first-order valence-electron chi connectivity index (χ1n) is 8.07. The highest BCUT2D eigenvalue weighted by Crippen LogP contribution is 2.20. The van der Waals surface area contributed by atoms with Gasteiger partial charge in [0.05, 0.1) is 24.2 Å². The molecule has 0 spiro atoms. The molecule has 1 aromatic carbocycles. The fourth-order valence-corrected chi connectivity index (χ4v) is 2.65. The molecule has 0 radical (unpaired) electrons. The van der Waals surface area contributed by atoms with Gasteiger partial charge in [0.1, 0.15) is 23.7 Å². The molecular formula is C19H17FN2O5. The summed E-state index contributed by atoms with van der Waals surface area (Å²) < 4.78 is 29.7. The molecule has 3 aromatic rings. The average molecular weight is 372 g/mol. The summed E-state index contributed by atoms with van der Waals surface area (Å²) in [6.07, 6.45) is 0. The molecule has 2 heterocycles. The lowest BCUT2D eigenvalue weighted by Crippen LogP contribution is -2.08. The fraction of sp³-hybridized carbons (Fsp3) is 0.211. The molecule has 0 saturated carbocycles. The summed E-state index contributed by atoms with van der Waals surface area (Å²) in [6.45, 7) is 3.27. The van der Waals surface area contributed by atoms with E-state index < -0.39 is 11.9 Å². The van der Waals surface area contributed by atoms with Gasteiger partial charge in [-0.05, 0) is 50.2 Å². The number of furan rings is 1. The van der Waals surface area contributed by atoms with E-state index in [1.807, 2.05) is 0 Å². The van der Waals surface area contributed by atoms with E-state index in [0.29, 0.717) is 28.4 Å². The van der Waals surface area contributed by atoms with E-state index >= 15 is 0 Å². The summed E-state index contributed by atoms with van der Waals surface area (Å²) in [5.74, 6) is -1.20. The van der Waals surface area contributed by atoms with Gasteiger partial charge >= 0.3 is 11.9 Å². The Balaban J connectivity index is 1.76. The molecule has 0 amide bonds. The second kappa shape index (κ2) is 7.45. The average Bonchev–Trinajstić information content (AvgIpc) is 3.24. The number of hydrogen-bond donors (Lipinski definition) is 0. The van der Waals surface area contributed by atoms with Crippen LogP contribution in [0.15, 0.2) is 40.8 Å². The van der Waals surface area contributed by atoms with Gasteiger partial charge in [0.2, 0.25) is 5.76 Å². The number of hydrogen-bond acceptors (Lipinski definition) is 6. The molecule has 27 heavy (non-hydrogen) atoms. The summed E-state index contributed by atoms with van der Waals surface area (Å²) in [5, 5.41) is 4.33. The van der Waals surface area contributed by atoms with Gasteiger partial charge in [-0.2, -0.15) is 5.10 Å². The summed E-state index contributed by atoms with van der Waals surface area (Å²) in [7, 11) is 1.24. The number of carbonyl (C=O) groups excluding carboxylic acids is 2. The van der Waals surface area contributed by atoms with Gasteiger partial charge in [-0.1, -0.05) is 0 Å². The van der Waals surface area contributed by atoms with Crippen molar-refractivity contribution in [3.8, 4) is 5.69 Å². The SMILES string of the molecule is COC(=O)c1ccc(COC(=O)c2c(C)nn(-c3ccc(F)cc3)c2C)o1. The third kappa shape index (κ3) is 3.74. The Morgan fingerprint density at radius 2 is 1.81 bits per heavy atom. The van der Waals surface area contributed by atoms with E-state index in [2.05, 4.69) is 9.84 Å². The Bertz CT molecular complexity index is 988. The van der Waals surface area contributed by atoms with Crippen molar-refractivity contribution in [2.24, 2.45) is 0 Å². The molecule has 0 aliphatic carbocycles. The zero-order chi connectivity index (χ0) is 19.6. The Morgan fingerprint density at radius 1 is 1.11 bits per heavy atom. The molecule has 0 atom stereocenters. The Labute approximate surface area is 154 Å². The lowest BCUT2D eigenvalue weighted by molar-refractivity contribution is 0.0437. The van der Waals surface area contributed by atoms with Crippen LogP contribution in [0.3, 0.4) is 0 Å². The zero-order valence-electron chi connectivity index (χ0n) is 15.0. The Morgan fingerprint density at radius 3 is 2.48 bits per heavy atom. The Kier molecular flexibility index (Phi) is 5.07. The first kappa shape index (κ1) is 18.4. The molecule has 0 aliphatic rings. The molecule has 2 aromatic heterocycles.